The van der Waals surface area contributed by atoms with E-state index >= 15 is 0 Å². The van der Waals surface area contributed by atoms with Crippen LogP contribution in [0.2, 0.25) is 5.02 Å². The monoisotopic (exact) mass is 380 g/mol. The lowest BCUT2D eigenvalue weighted by atomic mass is 10.1. The molecule has 0 atom stereocenters. The van der Waals surface area contributed by atoms with E-state index in [0.29, 0.717) is 18.1 Å². The minimum atomic E-state index is -0.238. The number of carbonyl (C=O) groups excluding carboxylic acids is 1. The summed E-state index contributed by atoms with van der Waals surface area (Å²) in [4.78, 5) is 12.2. The Kier molecular flexibility index (Phi) is 6.39. The molecule has 0 radical (unpaired) electrons. The van der Waals surface area contributed by atoms with Crippen LogP contribution in [0, 0.1) is 6.92 Å². The van der Waals surface area contributed by atoms with Gasteiger partial charge in [0.15, 0.2) is 5.69 Å². The molecule has 0 unspecified atom stereocenters. The van der Waals surface area contributed by atoms with Crippen LogP contribution in [0.15, 0.2) is 60.7 Å². The highest BCUT2D eigenvalue weighted by atomic mass is 35.5. The number of anilines is 1. The largest absolute Gasteiger partial charge is 0.368 e. The summed E-state index contributed by atoms with van der Waals surface area (Å²) in [5, 5.41) is 14.9. The van der Waals surface area contributed by atoms with Gasteiger partial charge in [0.2, 0.25) is 0 Å². The van der Waals surface area contributed by atoms with Crippen molar-refractivity contribution in [3.63, 3.8) is 0 Å². The van der Waals surface area contributed by atoms with E-state index in [-0.39, 0.29) is 5.91 Å². The lowest BCUT2D eigenvalue weighted by molar-refractivity contribution is 0.0945. The smallest absolute Gasteiger partial charge is 0.272 e. The maximum absolute atomic E-state index is 12.2. The van der Waals surface area contributed by atoms with Crippen LogP contribution in [0.25, 0.3) is 0 Å². The van der Waals surface area contributed by atoms with E-state index < -0.39 is 0 Å². The molecule has 1 aromatic heterocycles. The molecule has 138 valence electrons. The zero-order valence-corrected chi connectivity index (χ0v) is 15.8. The molecule has 2 N–H and O–H groups in total. The maximum atomic E-state index is 12.2. The molecule has 0 aliphatic rings. The number of rotatable bonds is 7. The zero-order chi connectivity index (χ0) is 19.1. The van der Waals surface area contributed by atoms with Gasteiger partial charge in [-0.15, -0.1) is 10.2 Å². The average molecular weight is 381 g/mol. The number of carbonyl (C=O) groups is 1. The molecule has 0 aliphatic heterocycles. The predicted octanol–water partition coefficient (Wildman–Crippen LogP) is 4.02. The lowest BCUT2D eigenvalue weighted by Gasteiger charge is -2.08. The Bertz CT molecular complexity index is 895. The Hall–Kier alpha value is -2.92. The van der Waals surface area contributed by atoms with Gasteiger partial charge in [-0.3, -0.25) is 4.79 Å². The molecule has 0 saturated heterocycles. The van der Waals surface area contributed by atoms with Crippen LogP contribution in [0.4, 0.5) is 5.82 Å². The molecular weight excluding hydrogens is 360 g/mol. The first-order chi connectivity index (χ1) is 13.1. The van der Waals surface area contributed by atoms with Crippen molar-refractivity contribution < 1.29 is 4.79 Å². The van der Waals surface area contributed by atoms with Gasteiger partial charge in [-0.25, -0.2) is 0 Å². The van der Waals surface area contributed by atoms with E-state index in [1.54, 1.807) is 12.1 Å². The first-order valence-electron chi connectivity index (χ1n) is 8.76. The van der Waals surface area contributed by atoms with E-state index in [9.17, 15) is 4.79 Å². The summed E-state index contributed by atoms with van der Waals surface area (Å²) >= 11 is 5.88. The van der Waals surface area contributed by atoms with Crippen molar-refractivity contribution >= 4 is 23.3 Å². The summed E-state index contributed by atoms with van der Waals surface area (Å²) in [6.45, 7) is 3.20. The molecule has 1 amide bonds. The predicted molar refractivity (Wildman–Crippen MR) is 108 cm³/mol. The van der Waals surface area contributed by atoms with Gasteiger partial charge in [-0.05, 0) is 54.3 Å². The molecule has 3 aromatic rings. The number of aromatic nitrogens is 2. The van der Waals surface area contributed by atoms with Crippen LogP contribution >= 0.6 is 11.6 Å². The molecule has 0 aliphatic carbocycles. The molecule has 1 heterocycles. The van der Waals surface area contributed by atoms with Crippen molar-refractivity contribution in [1.82, 2.24) is 15.5 Å². The van der Waals surface area contributed by atoms with Gasteiger partial charge in [0, 0.05) is 18.1 Å². The van der Waals surface area contributed by atoms with Crippen LogP contribution in [0.3, 0.4) is 0 Å². The van der Waals surface area contributed by atoms with Gasteiger partial charge >= 0.3 is 0 Å². The second-order valence-electron chi connectivity index (χ2n) is 6.22. The van der Waals surface area contributed by atoms with E-state index in [1.807, 2.05) is 55.5 Å². The third-order valence-corrected chi connectivity index (χ3v) is 4.48. The molecule has 3 rings (SSSR count). The van der Waals surface area contributed by atoms with Crippen molar-refractivity contribution in [3.05, 3.63) is 88.1 Å². The standard InChI is InChI=1S/C21H21ClN4O/c1-15-4-2-3-5-17(15)14-24-21(27)19-10-11-20(26-25-19)23-13-12-16-6-8-18(22)9-7-16/h2-11H,12-14H2,1H3,(H,23,26)(H,24,27). The number of hydrogen-bond acceptors (Lipinski definition) is 4. The topological polar surface area (TPSA) is 66.9 Å². The Morgan fingerprint density at radius 2 is 1.78 bits per heavy atom. The first kappa shape index (κ1) is 18.9. The fourth-order valence-electron chi connectivity index (χ4n) is 2.61. The van der Waals surface area contributed by atoms with E-state index in [4.69, 9.17) is 11.6 Å². The van der Waals surface area contributed by atoms with Crippen molar-refractivity contribution in [3.8, 4) is 0 Å². The summed E-state index contributed by atoms with van der Waals surface area (Å²) in [5.74, 6) is 0.401. The van der Waals surface area contributed by atoms with Crippen molar-refractivity contribution in [2.45, 2.75) is 19.9 Å². The highest BCUT2D eigenvalue weighted by molar-refractivity contribution is 6.30. The summed E-state index contributed by atoms with van der Waals surface area (Å²) in [5.41, 5.74) is 3.71. The van der Waals surface area contributed by atoms with Crippen molar-refractivity contribution in [2.24, 2.45) is 0 Å². The highest BCUT2D eigenvalue weighted by Crippen LogP contribution is 2.10. The SMILES string of the molecule is Cc1ccccc1CNC(=O)c1ccc(NCCc2ccc(Cl)cc2)nn1. The second kappa shape index (κ2) is 9.14. The third kappa shape index (κ3) is 5.53. The highest BCUT2D eigenvalue weighted by Gasteiger charge is 2.08. The van der Waals surface area contributed by atoms with Crippen LogP contribution < -0.4 is 10.6 Å². The fourth-order valence-corrected chi connectivity index (χ4v) is 2.73. The molecule has 6 heteroatoms. The molecule has 0 bridgehead atoms. The van der Waals surface area contributed by atoms with Crippen molar-refractivity contribution in [1.29, 1.82) is 0 Å². The van der Waals surface area contributed by atoms with Crippen LogP contribution in [0.1, 0.15) is 27.2 Å². The molecule has 0 fully saturated rings. The first-order valence-corrected chi connectivity index (χ1v) is 9.14. The summed E-state index contributed by atoms with van der Waals surface area (Å²) < 4.78 is 0. The number of nitrogens with one attached hydrogen (secondary N) is 2. The number of benzene rings is 2. The number of hydrogen-bond donors (Lipinski definition) is 2. The Morgan fingerprint density at radius 1 is 1.00 bits per heavy atom. The van der Waals surface area contributed by atoms with E-state index in [2.05, 4.69) is 20.8 Å². The normalized spacial score (nSPS) is 10.4. The summed E-state index contributed by atoms with van der Waals surface area (Å²) in [6.07, 6.45) is 0.845. The van der Waals surface area contributed by atoms with Gasteiger partial charge < -0.3 is 10.6 Å². The number of nitrogens with zero attached hydrogens (tertiary/aromatic N) is 2. The van der Waals surface area contributed by atoms with Crippen LogP contribution in [-0.4, -0.2) is 22.6 Å². The number of aryl methyl sites for hydroxylation is 1. The minimum absolute atomic E-state index is 0.238. The number of halogens is 1. The molecule has 5 nitrogen and oxygen atoms in total. The van der Waals surface area contributed by atoms with Gasteiger partial charge in [-0.2, -0.15) is 0 Å². The quantitative estimate of drug-likeness (QED) is 0.649. The summed E-state index contributed by atoms with van der Waals surface area (Å²) in [6, 6.07) is 19.1. The van der Waals surface area contributed by atoms with Gasteiger partial charge in [0.05, 0.1) is 0 Å². The molecule has 0 saturated carbocycles. The molecule has 0 spiro atoms. The minimum Gasteiger partial charge on any atom is -0.368 e. The molecular formula is C21H21ClN4O. The van der Waals surface area contributed by atoms with Gasteiger partial charge in [-0.1, -0.05) is 48.0 Å². The number of amides is 1. The van der Waals surface area contributed by atoms with E-state index in [0.717, 1.165) is 29.1 Å². The maximum Gasteiger partial charge on any atom is 0.272 e. The van der Waals surface area contributed by atoms with Crippen LogP contribution in [0.5, 0.6) is 0 Å². The fraction of sp³-hybridized carbons (Fsp3) is 0.190. The average Bonchev–Trinajstić information content (AvgIpc) is 2.69. The third-order valence-electron chi connectivity index (χ3n) is 4.23. The lowest BCUT2D eigenvalue weighted by Crippen LogP contribution is -2.24. The molecule has 27 heavy (non-hydrogen) atoms. The Morgan fingerprint density at radius 3 is 2.48 bits per heavy atom. The van der Waals surface area contributed by atoms with Gasteiger partial charge in [0.25, 0.3) is 5.91 Å². The summed E-state index contributed by atoms with van der Waals surface area (Å²) in [7, 11) is 0. The van der Waals surface area contributed by atoms with Crippen molar-refractivity contribution in [2.75, 3.05) is 11.9 Å². The Balaban J connectivity index is 1.48. The molecule has 2 aromatic carbocycles. The second-order valence-corrected chi connectivity index (χ2v) is 6.65. The van der Waals surface area contributed by atoms with Crippen LogP contribution in [-0.2, 0) is 13.0 Å². The van der Waals surface area contributed by atoms with Gasteiger partial charge in [0.1, 0.15) is 5.82 Å². The van der Waals surface area contributed by atoms with E-state index in [1.165, 1.54) is 5.56 Å². The Labute approximate surface area is 163 Å². The zero-order valence-electron chi connectivity index (χ0n) is 15.1.